The third-order valence-corrected chi connectivity index (χ3v) is 11.2. The fraction of sp³-hybridized carbons (Fsp3) is 0.857. The summed E-state index contributed by atoms with van der Waals surface area (Å²) in [5.41, 5.74) is 1.77. The Morgan fingerprint density at radius 3 is 2.39 bits per heavy atom. The molecule has 186 valence electrons. The highest BCUT2D eigenvalue weighted by atomic mass is 16.5. The number of methoxy groups -OCH3 is 2. The summed E-state index contributed by atoms with van der Waals surface area (Å²) in [5, 5.41) is 11.7. The van der Waals surface area contributed by atoms with Gasteiger partial charge >= 0.3 is 5.97 Å². The van der Waals surface area contributed by atoms with Crippen molar-refractivity contribution in [1.82, 2.24) is 0 Å². The van der Waals surface area contributed by atoms with Gasteiger partial charge in [0.25, 0.3) is 0 Å². The normalized spacial score (nSPS) is 45.2. The molecule has 0 aromatic rings. The van der Waals surface area contributed by atoms with E-state index in [2.05, 4.69) is 41.5 Å². The fourth-order valence-corrected chi connectivity index (χ4v) is 9.30. The van der Waals surface area contributed by atoms with E-state index in [4.69, 9.17) is 9.47 Å². The van der Waals surface area contributed by atoms with Gasteiger partial charge in [0.2, 0.25) is 0 Å². The summed E-state index contributed by atoms with van der Waals surface area (Å²) >= 11 is 0. The highest BCUT2D eigenvalue weighted by Gasteiger charge is 2.69. The second-order valence-electron chi connectivity index (χ2n) is 12.8. The maximum atomic E-state index is 12.9. The summed E-state index contributed by atoms with van der Waals surface area (Å²) in [6.45, 7) is 13.5. The molecule has 5 nitrogen and oxygen atoms in total. The number of carbonyl (C=O) groups excluding carboxylic acids is 2. The van der Waals surface area contributed by atoms with Gasteiger partial charge in [-0.2, -0.15) is 0 Å². The first kappa shape index (κ1) is 24.9. The van der Waals surface area contributed by atoms with Crippen LogP contribution in [0.4, 0.5) is 0 Å². The fourth-order valence-electron chi connectivity index (χ4n) is 9.30. The number of hydrogen-bond donors (Lipinski definition) is 1. The van der Waals surface area contributed by atoms with E-state index in [1.54, 1.807) is 7.11 Å². The average Bonchev–Trinajstić information content (AvgIpc) is 3.08. The SMILES string of the molecule is COC(=O)C[C@@H](C)C1=C2[C@H](O)C[C@H]3[C@@]4(C)CCC(=O)C(C)(C)[C@@H]4CC[C@]3(C)[C@@]2(C)C[C@@H]1OC. The van der Waals surface area contributed by atoms with Crippen molar-refractivity contribution in [2.45, 2.75) is 98.7 Å². The second-order valence-corrected chi connectivity index (χ2v) is 12.8. The maximum absolute atomic E-state index is 12.9. The minimum absolute atomic E-state index is 0.00674. The van der Waals surface area contributed by atoms with Crippen LogP contribution in [0, 0.1) is 39.4 Å². The van der Waals surface area contributed by atoms with Crippen molar-refractivity contribution in [1.29, 1.82) is 0 Å². The molecular formula is C28H44O5. The lowest BCUT2D eigenvalue weighted by Gasteiger charge is -2.68. The van der Waals surface area contributed by atoms with Crippen LogP contribution in [0.1, 0.15) is 86.5 Å². The number of esters is 1. The Hall–Kier alpha value is -1.20. The van der Waals surface area contributed by atoms with E-state index in [1.165, 1.54) is 7.11 Å². The van der Waals surface area contributed by atoms with E-state index in [-0.39, 0.29) is 39.7 Å². The molecule has 4 rings (SSSR count). The molecule has 0 aliphatic heterocycles. The Balaban J connectivity index is 1.80. The van der Waals surface area contributed by atoms with Gasteiger partial charge in [0.1, 0.15) is 5.78 Å². The van der Waals surface area contributed by atoms with Gasteiger partial charge in [0.05, 0.1) is 25.7 Å². The van der Waals surface area contributed by atoms with Crippen molar-refractivity contribution in [2.24, 2.45) is 39.4 Å². The molecule has 0 saturated heterocycles. The van der Waals surface area contributed by atoms with Gasteiger partial charge in [0.15, 0.2) is 0 Å². The van der Waals surface area contributed by atoms with Gasteiger partial charge < -0.3 is 14.6 Å². The van der Waals surface area contributed by atoms with Crippen molar-refractivity contribution >= 4 is 11.8 Å². The smallest absolute Gasteiger partial charge is 0.306 e. The van der Waals surface area contributed by atoms with E-state index in [1.807, 2.05) is 0 Å². The number of ketones is 1. The highest BCUT2D eigenvalue weighted by molar-refractivity contribution is 5.85. The molecule has 3 saturated carbocycles. The molecule has 4 aliphatic carbocycles. The summed E-state index contributed by atoms with van der Waals surface area (Å²) in [5.74, 6) is 0.828. The summed E-state index contributed by atoms with van der Waals surface area (Å²) in [6.07, 6.45) is 4.89. The molecule has 0 unspecified atom stereocenters. The first-order chi connectivity index (χ1) is 15.3. The summed E-state index contributed by atoms with van der Waals surface area (Å²) < 4.78 is 11.0. The van der Waals surface area contributed by atoms with E-state index >= 15 is 0 Å². The van der Waals surface area contributed by atoms with Crippen molar-refractivity contribution in [2.75, 3.05) is 14.2 Å². The number of aliphatic hydroxyl groups excluding tert-OH is 1. The molecule has 33 heavy (non-hydrogen) atoms. The third kappa shape index (κ3) is 3.24. The predicted octanol–water partition coefficient (Wildman–Crippen LogP) is 5.10. The number of carbonyl (C=O) groups is 2. The van der Waals surface area contributed by atoms with Crippen LogP contribution in [0.3, 0.4) is 0 Å². The van der Waals surface area contributed by atoms with Crippen LogP contribution in [0.25, 0.3) is 0 Å². The van der Waals surface area contributed by atoms with Gasteiger partial charge in [-0.1, -0.05) is 41.5 Å². The molecule has 8 atom stereocenters. The first-order valence-electron chi connectivity index (χ1n) is 12.8. The second kappa shape index (κ2) is 7.91. The number of Topliss-reactive ketones (excluding diaryl/α,β-unsaturated/α-hetero) is 1. The number of hydrogen-bond acceptors (Lipinski definition) is 5. The van der Waals surface area contributed by atoms with E-state index in [9.17, 15) is 14.7 Å². The standard InChI is InChI=1S/C28H44O5/c1-16(13-22(31)33-8)23-18(32-7)15-28(6)24(23)17(29)14-20-26(4)11-10-21(30)25(2,3)19(26)9-12-27(20,28)5/h16-20,29H,9-15H2,1-8H3/t16-,17-,18+,19+,20+,26+,27+,28+/m1/s1. The van der Waals surface area contributed by atoms with Crippen LogP contribution >= 0.6 is 0 Å². The van der Waals surface area contributed by atoms with Crippen molar-refractivity contribution < 1.29 is 24.2 Å². The third-order valence-electron chi connectivity index (χ3n) is 11.2. The van der Waals surface area contributed by atoms with E-state index < -0.39 is 6.10 Å². The first-order valence-corrected chi connectivity index (χ1v) is 12.8. The lowest BCUT2D eigenvalue weighted by Crippen LogP contribution is -2.64. The van der Waals surface area contributed by atoms with Gasteiger partial charge in [-0.3, -0.25) is 9.59 Å². The molecule has 0 radical (unpaired) electrons. The molecule has 0 spiro atoms. The number of rotatable bonds is 4. The van der Waals surface area contributed by atoms with Crippen LogP contribution in [0.2, 0.25) is 0 Å². The predicted molar refractivity (Wildman–Crippen MR) is 127 cm³/mol. The maximum Gasteiger partial charge on any atom is 0.306 e. The lowest BCUT2D eigenvalue weighted by molar-refractivity contribution is -0.191. The molecule has 0 aromatic heterocycles. The minimum atomic E-state index is -0.542. The van der Waals surface area contributed by atoms with Gasteiger partial charge in [0, 0.05) is 18.9 Å². The Morgan fingerprint density at radius 2 is 1.79 bits per heavy atom. The molecule has 4 aliphatic rings. The topological polar surface area (TPSA) is 72.8 Å². The monoisotopic (exact) mass is 460 g/mol. The molecule has 0 heterocycles. The Labute approximate surface area is 199 Å². The van der Waals surface area contributed by atoms with Gasteiger partial charge in [-0.25, -0.2) is 0 Å². The van der Waals surface area contributed by atoms with Crippen molar-refractivity contribution in [3.8, 4) is 0 Å². The highest BCUT2D eigenvalue weighted by Crippen LogP contribution is 2.74. The van der Waals surface area contributed by atoms with E-state index in [0.29, 0.717) is 30.5 Å². The zero-order valence-corrected chi connectivity index (χ0v) is 21.9. The largest absolute Gasteiger partial charge is 0.469 e. The van der Waals surface area contributed by atoms with Crippen LogP contribution in [-0.4, -0.2) is 43.3 Å². The molecule has 0 amide bonds. The van der Waals surface area contributed by atoms with E-state index in [0.717, 1.165) is 43.3 Å². The Bertz CT molecular complexity index is 874. The molecule has 0 aromatic carbocycles. The van der Waals surface area contributed by atoms with Crippen molar-refractivity contribution in [3.05, 3.63) is 11.1 Å². The molecular weight excluding hydrogens is 416 g/mol. The number of ether oxygens (including phenoxy) is 2. The minimum Gasteiger partial charge on any atom is -0.469 e. The summed E-state index contributed by atoms with van der Waals surface area (Å²) in [7, 11) is 3.17. The Morgan fingerprint density at radius 1 is 1.12 bits per heavy atom. The summed E-state index contributed by atoms with van der Waals surface area (Å²) in [4.78, 5) is 25.0. The molecule has 3 fully saturated rings. The van der Waals surface area contributed by atoms with Gasteiger partial charge in [-0.15, -0.1) is 0 Å². The quantitative estimate of drug-likeness (QED) is 0.467. The zero-order chi connectivity index (χ0) is 24.6. The molecule has 0 bridgehead atoms. The summed E-state index contributed by atoms with van der Waals surface area (Å²) in [6, 6.07) is 0. The van der Waals surface area contributed by atoms with Crippen LogP contribution in [0.5, 0.6) is 0 Å². The Kier molecular flexibility index (Phi) is 5.97. The average molecular weight is 461 g/mol. The number of aliphatic hydroxyl groups is 1. The number of fused-ring (bicyclic) bond motifs is 5. The van der Waals surface area contributed by atoms with Crippen LogP contribution in [0.15, 0.2) is 11.1 Å². The molecule has 5 heteroatoms. The molecule has 1 N–H and O–H groups in total. The van der Waals surface area contributed by atoms with Crippen molar-refractivity contribution in [3.63, 3.8) is 0 Å². The van der Waals surface area contributed by atoms with Crippen LogP contribution < -0.4 is 0 Å². The zero-order valence-electron chi connectivity index (χ0n) is 21.9. The van der Waals surface area contributed by atoms with Crippen LogP contribution in [-0.2, 0) is 19.1 Å². The van der Waals surface area contributed by atoms with Gasteiger partial charge in [-0.05, 0) is 77.2 Å². The lowest BCUT2D eigenvalue weighted by atomic mass is 9.36.